The van der Waals surface area contributed by atoms with Gasteiger partial charge in [-0.15, -0.1) is 0 Å². The van der Waals surface area contributed by atoms with Crippen molar-refractivity contribution in [3.8, 4) is 0 Å². The number of hydrogen-bond acceptors (Lipinski definition) is 4. The summed E-state index contributed by atoms with van der Waals surface area (Å²) in [6.07, 6.45) is 3.39. The lowest BCUT2D eigenvalue weighted by molar-refractivity contribution is -0.176. The van der Waals surface area contributed by atoms with Crippen molar-refractivity contribution in [3.63, 3.8) is 0 Å². The smallest absolute Gasteiger partial charge is 0.0886 e. The molecule has 0 atom stereocenters. The molecule has 0 saturated carbocycles. The predicted octanol–water partition coefficient (Wildman–Crippen LogP) is 1.65. The van der Waals surface area contributed by atoms with Crippen LogP contribution in [0.25, 0.3) is 11.0 Å². The fraction of sp³-hybridized carbons (Fsp3) is 0. The fourth-order valence-corrected chi connectivity index (χ4v) is 0.910. The van der Waals surface area contributed by atoms with Gasteiger partial charge in [0.1, 0.15) is 0 Å². The standard InChI is InChI=1S/C8H6N2.H2O2/c1-2-4-8-7(3-1)9-5-6-10-8;1-2/h1-6H;1-2H. The third-order valence-electron chi connectivity index (χ3n) is 1.38. The van der Waals surface area contributed by atoms with E-state index in [1.165, 1.54) is 0 Å². The van der Waals surface area contributed by atoms with E-state index in [-0.39, 0.29) is 0 Å². The molecule has 1 aromatic carbocycles. The van der Waals surface area contributed by atoms with Gasteiger partial charge < -0.3 is 0 Å². The first-order chi connectivity index (χ1) is 5.97. The van der Waals surface area contributed by atoms with Crippen molar-refractivity contribution in [1.82, 2.24) is 9.97 Å². The van der Waals surface area contributed by atoms with Crippen LogP contribution in [-0.2, 0) is 0 Å². The lowest BCUT2D eigenvalue weighted by Gasteiger charge is -1.90. The van der Waals surface area contributed by atoms with E-state index in [9.17, 15) is 0 Å². The Morgan fingerprint density at radius 2 is 1.25 bits per heavy atom. The minimum Gasteiger partial charge on any atom is -0.255 e. The van der Waals surface area contributed by atoms with Crippen molar-refractivity contribution in [2.45, 2.75) is 0 Å². The molecule has 0 aliphatic carbocycles. The zero-order chi connectivity index (χ0) is 8.81. The first-order valence-electron chi connectivity index (χ1n) is 3.32. The zero-order valence-corrected chi connectivity index (χ0v) is 6.25. The molecular formula is C8H8N2O2. The highest BCUT2D eigenvalue weighted by atomic mass is 17.0. The average Bonchev–Trinajstić information content (AvgIpc) is 2.21. The van der Waals surface area contributed by atoms with Gasteiger partial charge in [0.2, 0.25) is 0 Å². The van der Waals surface area contributed by atoms with E-state index < -0.39 is 0 Å². The number of nitrogens with zero attached hydrogens (tertiary/aromatic N) is 2. The topological polar surface area (TPSA) is 66.2 Å². The maximum atomic E-state index is 6.00. The van der Waals surface area contributed by atoms with Gasteiger partial charge in [0.15, 0.2) is 0 Å². The molecule has 0 amide bonds. The molecule has 0 aliphatic heterocycles. The van der Waals surface area contributed by atoms with Gasteiger partial charge >= 0.3 is 0 Å². The van der Waals surface area contributed by atoms with Crippen molar-refractivity contribution >= 4 is 11.0 Å². The van der Waals surface area contributed by atoms with Crippen LogP contribution < -0.4 is 0 Å². The minimum absolute atomic E-state index is 0.949. The lowest BCUT2D eigenvalue weighted by atomic mass is 10.3. The summed E-state index contributed by atoms with van der Waals surface area (Å²) in [5.41, 5.74) is 1.90. The molecule has 0 saturated heterocycles. The van der Waals surface area contributed by atoms with Crippen LogP contribution in [-0.4, -0.2) is 20.5 Å². The summed E-state index contributed by atoms with van der Waals surface area (Å²) in [4.78, 5) is 8.24. The number of benzene rings is 1. The second kappa shape index (κ2) is 4.38. The first kappa shape index (κ1) is 8.58. The minimum atomic E-state index is 0.949. The van der Waals surface area contributed by atoms with Gasteiger partial charge in [-0.1, -0.05) is 12.1 Å². The molecule has 0 unspecified atom stereocenters. The molecule has 0 radical (unpaired) electrons. The molecule has 1 heterocycles. The van der Waals surface area contributed by atoms with Crippen LogP contribution in [0.5, 0.6) is 0 Å². The molecule has 0 aliphatic rings. The molecular weight excluding hydrogens is 156 g/mol. The van der Waals surface area contributed by atoms with Gasteiger partial charge in [0, 0.05) is 12.4 Å². The molecule has 2 N–H and O–H groups in total. The van der Waals surface area contributed by atoms with Crippen LogP contribution in [0.3, 0.4) is 0 Å². The van der Waals surface area contributed by atoms with Crippen LogP contribution in [0.2, 0.25) is 0 Å². The number of hydrogen-bond donors (Lipinski definition) is 2. The highest BCUT2D eigenvalue weighted by Gasteiger charge is 1.88. The third kappa shape index (κ3) is 1.75. The van der Waals surface area contributed by atoms with Crippen LogP contribution in [0.1, 0.15) is 0 Å². The van der Waals surface area contributed by atoms with E-state index >= 15 is 0 Å². The molecule has 62 valence electrons. The van der Waals surface area contributed by atoms with Crippen molar-refractivity contribution in [3.05, 3.63) is 36.7 Å². The van der Waals surface area contributed by atoms with Crippen LogP contribution >= 0.6 is 0 Å². The molecule has 4 nitrogen and oxygen atoms in total. The Morgan fingerprint density at radius 1 is 0.833 bits per heavy atom. The van der Waals surface area contributed by atoms with Crippen molar-refractivity contribution in [1.29, 1.82) is 0 Å². The molecule has 1 aromatic heterocycles. The second-order valence-electron chi connectivity index (χ2n) is 2.05. The maximum Gasteiger partial charge on any atom is 0.0886 e. The van der Waals surface area contributed by atoms with E-state index in [2.05, 4.69) is 9.97 Å². The number of aromatic nitrogens is 2. The lowest BCUT2D eigenvalue weighted by Crippen LogP contribution is -1.78. The van der Waals surface area contributed by atoms with E-state index in [0.717, 1.165) is 11.0 Å². The summed E-state index contributed by atoms with van der Waals surface area (Å²) in [5, 5.41) is 12.0. The number of rotatable bonds is 0. The zero-order valence-electron chi connectivity index (χ0n) is 6.25. The Hall–Kier alpha value is -1.52. The Labute approximate surface area is 69.1 Å². The quantitative estimate of drug-likeness (QED) is 0.459. The Bertz CT molecular complexity index is 286. The van der Waals surface area contributed by atoms with Crippen molar-refractivity contribution in [2.75, 3.05) is 0 Å². The molecule has 4 heteroatoms. The first-order valence-corrected chi connectivity index (χ1v) is 3.32. The summed E-state index contributed by atoms with van der Waals surface area (Å²) in [6.45, 7) is 0. The molecule has 12 heavy (non-hydrogen) atoms. The van der Waals surface area contributed by atoms with Crippen molar-refractivity contribution < 1.29 is 10.5 Å². The van der Waals surface area contributed by atoms with E-state index in [0.29, 0.717) is 0 Å². The third-order valence-corrected chi connectivity index (χ3v) is 1.38. The maximum absolute atomic E-state index is 6.00. The monoisotopic (exact) mass is 164 g/mol. The van der Waals surface area contributed by atoms with E-state index in [1.54, 1.807) is 12.4 Å². The van der Waals surface area contributed by atoms with Gasteiger partial charge in [-0.25, -0.2) is 0 Å². The van der Waals surface area contributed by atoms with Crippen LogP contribution in [0, 0.1) is 0 Å². The van der Waals surface area contributed by atoms with Crippen LogP contribution in [0.4, 0.5) is 0 Å². The van der Waals surface area contributed by atoms with E-state index in [4.69, 9.17) is 10.5 Å². The van der Waals surface area contributed by atoms with Crippen molar-refractivity contribution in [2.24, 2.45) is 0 Å². The van der Waals surface area contributed by atoms with Gasteiger partial charge in [0.25, 0.3) is 0 Å². The summed E-state index contributed by atoms with van der Waals surface area (Å²) >= 11 is 0. The predicted molar refractivity (Wildman–Crippen MR) is 44.8 cm³/mol. The Balaban J connectivity index is 0.000000336. The molecule has 2 aromatic rings. The Morgan fingerprint density at radius 3 is 1.67 bits per heavy atom. The van der Waals surface area contributed by atoms with Gasteiger partial charge in [-0.05, 0) is 12.1 Å². The van der Waals surface area contributed by atoms with Gasteiger partial charge in [0.05, 0.1) is 11.0 Å². The summed E-state index contributed by atoms with van der Waals surface area (Å²) in [6, 6.07) is 7.80. The van der Waals surface area contributed by atoms with E-state index in [1.807, 2.05) is 24.3 Å². The molecule has 2 rings (SSSR count). The van der Waals surface area contributed by atoms with Gasteiger partial charge in [-0.3, -0.25) is 20.5 Å². The van der Waals surface area contributed by atoms with Crippen LogP contribution in [0.15, 0.2) is 36.7 Å². The summed E-state index contributed by atoms with van der Waals surface area (Å²) < 4.78 is 0. The SMILES string of the molecule is OO.c1ccc2nccnc2c1. The summed E-state index contributed by atoms with van der Waals surface area (Å²) in [7, 11) is 0. The van der Waals surface area contributed by atoms with Gasteiger partial charge in [-0.2, -0.15) is 0 Å². The number of para-hydroxylation sites is 2. The highest BCUT2D eigenvalue weighted by molar-refractivity contribution is 5.72. The number of fused-ring (bicyclic) bond motifs is 1. The molecule has 0 spiro atoms. The highest BCUT2D eigenvalue weighted by Crippen LogP contribution is 2.04. The summed E-state index contributed by atoms with van der Waals surface area (Å²) in [5.74, 6) is 0. The molecule has 0 fully saturated rings. The Kier molecular flexibility index (Phi) is 3.13. The average molecular weight is 164 g/mol. The molecule has 0 bridgehead atoms. The fourth-order valence-electron chi connectivity index (χ4n) is 0.910. The largest absolute Gasteiger partial charge is 0.255 e. The second-order valence-corrected chi connectivity index (χ2v) is 2.05. The normalized spacial score (nSPS) is 8.83.